The lowest BCUT2D eigenvalue weighted by Crippen LogP contribution is -2.54. The van der Waals surface area contributed by atoms with Gasteiger partial charge in [0.25, 0.3) is 0 Å². The highest BCUT2D eigenvalue weighted by atomic mass is 35.5. The molecule has 0 aromatic heterocycles. The molecular formula is C43H42Cl2O14. The summed E-state index contributed by atoms with van der Waals surface area (Å²) in [5.41, 5.74) is -7.39. The molecule has 5 atom stereocenters. The number of benzene rings is 4. The smallest absolute Gasteiger partial charge is 0.333 e. The molecule has 4 aromatic rings. The van der Waals surface area contributed by atoms with Crippen LogP contribution in [0.2, 0.25) is 10.0 Å². The average Bonchev–Trinajstić information content (AvgIpc) is 3.16. The van der Waals surface area contributed by atoms with Crippen LogP contribution in [0.1, 0.15) is 84.7 Å². The summed E-state index contributed by atoms with van der Waals surface area (Å²) in [7, 11) is 2.05. The number of carbonyl (C=O) groups is 4. The number of halogens is 2. The molecular weight excluding hydrogens is 811 g/mol. The number of ketones is 2. The summed E-state index contributed by atoms with van der Waals surface area (Å²) in [4.78, 5) is 54.9. The van der Waals surface area contributed by atoms with Gasteiger partial charge in [-0.1, -0.05) is 57.8 Å². The summed E-state index contributed by atoms with van der Waals surface area (Å²) in [6.45, 7) is 7.46. The minimum absolute atomic E-state index is 0.251. The van der Waals surface area contributed by atoms with E-state index in [1.807, 2.05) is 0 Å². The van der Waals surface area contributed by atoms with E-state index < -0.39 is 138 Å². The van der Waals surface area contributed by atoms with Crippen LogP contribution < -0.4 is 0 Å². The molecule has 0 aliphatic heterocycles. The number of rotatable bonds is 7. The Kier molecular flexibility index (Phi) is 10.9. The summed E-state index contributed by atoms with van der Waals surface area (Å²) in [6.07, 6.45) is 0.537. The number of aliphatic hydroxyl groups excluding tert-OH is 2. The van der Waals surface area contributed by atoms with Crippen LogP contribution >= 0.6 is 23.2 Å². The number of esters is 2. The molecule has 0 spiro atoms. The number of ether oxygens (including phenoxy) is 2. The highest BCUT2D eigenvalue weighted by molar-refractivity contribution is 6.41. The van der Waals surface area contributed by atoms with Gasteiger partial charge in [-0.25, -0.2) is 9.59 Å². The zero-order chi connectivity index (χ0) is 44.0. The molecule has 59 heavy (non-hydrogen) atoms. The molecule has 0 bridgehead atoms. The number of aromatic hydroxyl groups is 4. The Bertz CT molecular complexity index is 2590. The van der Waals surface area contributed by atoms with Crippen molar-refractivity contribution in [1.29, 1.82) is 0 Å². The first-order valence-electron chi connectivity index (χ1n) is 18.4. The maximum atomic E-state index is 14.8. The van der Waals surface area contributed by atoms with Crippen LogP contribution in [0.15, 0.2) is 47.9 Å². The standard InChI is InChI=1S/C43H42Cl2O14/c1-15(2)42(56)14-24(50)31-34(37(42)22(48)12-25(51)58-6)32(27-18(44)8-10-20(46)29(27)40(31)54)33-28-19(45)9-11-21(47)30(28)41(55)36-35(33)38(23(49)13-26(52)59-7)43(57,16(3)4)17(5)39(36)53/h8-13,15-17,37-38,46-49,54-57H,14H2,1-7H3/b22-12-,23-13+. The number of Topliss-reactive ketones (excluding diaryl/α,β-unsaturated/α-hetero) is 2. The zero-order valence-corrected chi connectivity index (χ0v) is 34.4. The van der Waals surface area contributed by atoms with Gasteiger partial charge in [0.1, 0.15) is 34.5 Å². The lowest BCUT2D eigenvalue weighted by atomic mass is 9.57. The molecule has 4 aromatic carbocycles. The maximum Gasteiger partial charge on any atom is 0.333 e. The van der Waals surface area contributed by atoms with Gasteiger partial charge in [-0.05, 0) is 58.4 Å². The Labute approximate surface area is 347 Å². The number of fused-ring (bicyclic) bond motifs is 4. The topological polar surface area (TPSA) is 249 Å². The van der Waals surface area contributed by atoms with Gasteiger partial charge in [-0.3, -0.25) is 9.59 Å². The quantitative estimate of drug-likeness (QED) is 0.0514. The summed E-state index contributed by atoms with van der Waals surface area (Å²) in [5.74, 6) is -15.8. The summed E-state index contributed by atoms with van der Waals surface area (Å²) >= 11 is 14.0. The first-order chi connectivity index (χ1) is 27.5. The number of hydrogen-bond acceptors (Lipinski definition) is 14. The molecule has 2 aliphatic rings. The predicted octanol–water partition coefficient (Wildman–Crippen LogP) is 7.38. The normalized spacial score (nSPS) is 23.5. The molecule has 2 aliphatic carbocycles. The Morgan fingerprint density at radius 2 is 1.12 bits per heavy atom. The van der Waals surface area contributed by atoms with E-state index in [0.717, 1.165) is 26.4 Å². The van der Waals surface area contributed by atoms with Crippen LogP contribution in [0.3, 0.4) is 0 Å². The van der Waals surface area contributed by atoms with E-state index in [-0.39, 0.29) is 31.9 Å². The average molecular weight is 854 g/mol. The van der Waals surface area contributed by atoms with Crippen molar-refractivity contribution in [3.8, 4) is 34.1 Å². The van der Waals surface area contributed by atoms with Gasteiger partial charge in [0.15, 0.2) is 11.6 Å². The van der Waals surface area contributed by atoms with Crippen molar-refractivity contribution in [3.05, 3.63) is 80.2 Å². The molecule has 0 saturated carbocycles. The zero-order valence-electron chi connectivity index (χ0n) is 32.8. The van der Waals surface area contributed by atoms with E-state index in [9.17, 15) is 60.0 Å². The number of phenols is 4. The third-order valence-electron chi connectivity index (χ3n) is 12.1. The van der Waals surface area contributed by atoms with Crippen molar-refractivity contribution in [3.63, 3.8) is 0 Å². The second-order valence-corrected chi connectivity index (χ2v) is 16.4. The van der Waals surface area contributed by atoms with Gasteiger partial charge in [-0.15, -0.1) is 0 Å². The number of carbonyl (C=O) groups excluding carboxylic acids is 4. The van der Waals surface area contributed by atoms with Crippen LogP contribution in [0.25, 0.3) is 32.7 Å². The first-order valence-corrected chi connectivity index (χ1v) is 19.2. The van der Waals surface area contributed by atoms with E-state index in [0.29, 0.717) is 12.2 Å². The Balaban J connectivity index is 2.09. The molecule has 6 rings (SSSR count). The molecule has 0 heterocycles. The van der Waals surface area contributed by atoms with Crippen LogP contribution in [0.4, 0.5) is 0 Å². The molecule has 16 heteroatoms. The SMILES string of the molecule is COC(=O)/C=C(\O)C1c2c(c(O)c3c(O)ccc(Cl)c3c2-c2c3c(c(O)c4c(O)ccc(Cl)c24)C(=O)C(C)C(O)(C(C)C)C3/C(O)=C\C(=O)OC)C(=O)CC1(O)C(C)C. The van der Waals surface area contributed by atoms with Gasteiger partial charge >= 0.3 is 11.9 Å². The molecule has 312 valence electrons. The maximum absolute atomic E-state index is 14.8. The highest BCUT2D eigenvalue weighted by Crippen LogP contribution is 2.63. The largest absolute Gasteiger partial charge is 0.511 e. The van der Waals surface area contributed by atoms with Crippen molar-refractivity contribution in [2.24, 2.45) is 17.8 Å². The number of phenolic OH excluding ortho intramolecular Hbond substituents is 4. The van der Waals surface area contributed by atoms with Gasteiger partial charge in [0.05, 0.1) is 71.3 Å². The summed E-state index contributed by atoms with van der Waals surface area (Å²) in [5, 5.41) is 94.6. The number of methoxy groups -OCH3 is 2. The van der Waals surface area contributed by atoms with Crippen LogP contribution in [-0.4, -0.2) is 89.8 Å². The second kappa shape index (κ2) is 14.9. The molecule has 0 radical (unpaired) electrons. The fourth-order valence-corrected chi connectivity index (χ4v) is 9.55. The van der Waals surface area contributed by atoms with Crippen molar-refractivity contribution >= 4 is 68.3 Å². The molecule has 5 unspecified atom stereocenters. The third-order valence-corrected chi connectivity index (χ3v) is 12.7. The van der Waals surface area contributed by atoms with E-state index in [1.54, 1.807) is 0 Å². The third kappa shape index (κ3) is 6.14. The van der Waals surface area contributed by atoms with Gasteiger partial charge in [-0.2, -0.15) is 0 Å². The van der Waals surface area contributed by atoms with Crippen LogP contribution in [0, 0.1) is 17.8 Å². The molecule has 14 nitrogen and oxygen atoms in total. The lowest BCUT2D eigenvalue weighted by molar-refractivity contribution is -0.136. The fourth-order valence-electron chi connectivity index (χ4n) is 9.04. The Morgan fingerprint density at radius 1 is 0.695 bits per heavy atom. The van der Waals surface area contributed by atoms with E-state index >= 15 is 0 Å². The number of aliphatic hydroxyl groups is 4. The van der Waals surface area contributed by atoms with Gasteiger partial charge in [0.2, 0.25) is 0 Å². The molecule has 0 saturated heterocycles. The summed E-state index contributed by atoms with van der Waals surface area (Å²) in [6, 6.07) is 4.66. The Hall–Kier alpha value is -5.54. The van der Waals surface area contributed by atoms with E-state index in [1.165, 1.54) is 46.8 Å². The van der Waals surface area contributed by atoms with Gasteiger partial charge in [0, 0.05) is 33.2 Å². The van der Waals surface area contributed by atoms with E-state index in [4.69, 9.17) is 32.7 Å². The molecule has 0 fully saturated rings. The van der Waals surface area contributed by atoms with Crippen molar-refractivity contribution < 1.29 is 69.5 Å². The lowest BCUT2D eigenvalue weighted by Gasteiger charge is -2.48. The second-order valence-electron chi connectivity index (χ2n) is 15.6. The van der Waals surface area contributed by atoms with Crippen molar-refractivity contribution in [1.82, 2.24) is 0 Å². The van der Waals surface area contributed by atoms with Crippen molar-refractivity contribution in [2.75, 3.05) is 14.2 Å². The van der Waals surface area contributed by atoms with E-state index in [2.05, 4.69) is 0 Å². The van der Waals surface area contributed by atoms with Crippen LogP contribution in [0.5, 0.6) is 23.0 Å². The molecule has 0 amide bonds. The predicted molar refractivity (Wildman–Crippen MR) is 217 cm³/mol. The first kappa shape index (κ1) is 43.0. The fraction of sp³-hybridized carbons (Fsp3) is 0.349. The van der Waals surface area contributed by atoms with Gasteiger partial charge < -0.3 is 50.3 Å². The minimum Gasteiger partial charge on any atom is -0.511 e. The molecule has 8 N–H and O–H groups in total. The minimum atomic E-state index is -2.32. The highest BCUT2D eigenvalue weighted by Gasteiger charge is 2.58. The monoisotopic (exact) mass is 852 g/mol. The summed E-state index contributed by atoms with van der Waals surface area (Å²) < 4.78 is 9.57. The Morgan fingerprint density at radius 3 is 1.54 bits per heavy atom. The van der Waals surface area contributed by atoms with Crippen LogP contribution in [-0.2, 0) is 19.1 Å². The van der Waals surface area contributed by atoms with Crippen molar-refractivity contribution in [2.45, 2.75) is 64.1 Å². The number of hydrogen-bond donors (Lipinski definition) is 8.